The maximum absolute atomic E-state index is 4.24. The molecule has 0 spiro atoms. The van der Waals surface area contributed by atoms with E-state index in [4.69, 9.17) is 0 Å². The Balaban J connectivity index is 2.61. The molecule has 0 fully saturated rings. The summed E-state index contributed by atoms with van der Waals surface area (Å²) in [6, 6.07) is 0. The second-order valence-corrected chi connectivity index (χ2v) is 3.36. The van der Waals surface area contributed by atoms with E-state index in [1.165, 1.54) is 0 Å². The summed E-state index contributed by atoms with van der Waals surface area (Å²) in [5.41, 5.74) is 2.08. The van der Waals surface area contributed by atoms with Gasteiger partial charge in [0.05, 0.1) is 11.4 Å². The molecule has 0 saturated heterocycles. The van der Waals surface area contributed by atoms with E-state index in [0.29, 0.717) is 0 Å². The van der Waals surface area contributed by atoms with Crippen LogP contribution in [0.3, 0.4) is 0 Å². The van der Waals surface area contributed by atoms with E-state index in [-0.39, 0.29) is 0 Å². The zero-order valence-electron chi connectivity index (χ0n) is 9.48. The van der Waals surface area contributed by atoms with Gasteiger partial charge in [0.15, 0.2) is 0 Å². The Hall–Kier alpha value is -1.44. The number of azo groups is 1. The smallest absolute Gasteiger partial charge is 0.0633 e. The van der Waals surface area contributed by atoms with Crippen molar-refractivity contribution in [3.63, 3.8) is 0 Å². The second kappa shape index (κ2) is 6.93. The van der Waals surface area contributed by atoms with E-state index in [2.05, 4.69) is 23.2 Å². The van der Waals surface area contributed by atoms with Crippen LogP contribution in [0, 0.1) is 0 Å². The molecule has 1 rings (SSSR count). The van der Waals surface area contributed by atoms with Crippen LogP contribution in [-0.2, 0) is 0 Å². The van der Waals surface area contributed by atoms with E-state index in [1.807, 2.05) is 37.3 Å². The highest BCUT2D eigenvalue weighted by atomic mass is 15.1. The molecule has 0 aliphatic heterocycles. The van der Waals surface area contributed by atoms with Crippen LogP contribution in [-0.4, -0.2) is 0 Å². The number of rotatable bonds is 4. The molecule has 0 N–H and O–H groups in total. The predicted molar refractivity (Wildman–Crippen MR) is 64.5 cm³/mol. The van der Waals surface area contributed by atoms with Gasteiger partial charge in [-0.05, 0) is 38.3 Å². The lowest BCUT2D eigenvalue weighted by Crippen LogP contribution is -1.82. The van der Waals surface area contributed by atoms with Crippen molar-refractivity contribution >= 4 is 0 Å². The van der Waals surface area contributed by atoms with E-state index < -0.39 is 0 Å². The first kappa shape index (κ1) is 11.6. The number of hydrogen-bond acceptors (Lipinski definition) is 2. The molecule has 0 heterocycles. The Kier molecular flexibility index (Phi) is 5.38. The molecule has 0 bridgehead atoms. The summed E-state index contributed by atoms with van der Waals surface area (Å²) >= 11 is 0. The minimum Gasteiger partial charge on any atom is -0.155 e. The van der Waals surface area contributed by atoms with Crippen LogP contribution in [0.4, 0.5) is 0 Å². The Morgan fingerprint density at radius 2 is 2.40 bits per heavy atom. The summed E-state index contributed by atoms with van der Waals surface area (Å²) in [4.78, 5) is 0. The molecule has 0 amide bonds. The summed E-state index contributed by atoms with van der Waals surface area (Å²) < 4.78 is 0. The number of allylic oxidation sites excluding steroid dienone is 8. The summed E-state index contributed by atoms with van der Waals surface area (Å²) in [6.07, 6.45) is 15.2. The van der Waals surface area contributed by atoms with Crippen molar-refractivity contribution in [2.75, 3.05) is 0 Å². The Morgan fingerprint density at radius 3 is 3.00 bits per heavy atom. The molecule has 80 valence electrons. The lowest BCUT2D eigenvalue weighted by atomic mass is 10.1. The SMILES string of the molecule is C\C=C/C=C(CC)/N=N/C1=CC=CCC1. The second-order valence-electron chi connectivity index (χ2n) is 3.36. The van der Waals surface area contributed by atoms with Gasteiger partial charge >= 0.3 is 0 Å². The maximum atomic E-state index is 4.24. The lowest BCUT2D eigenvalue weighted by molar-refractivity contribution is 0.885. The van der Waals surface area contributed by atoms with Crippen molar-refractivity contribution in [2.45, 2.75) is 33.1 Å². The molecule has 0 saturated carbocycles. The molecule has 2 heteroatoms. The van der Waals surface area contributed by atoms with Crippen LogP contribution >= 0.6 is 0 Å². The quantitative estimate of drug-likeness (QED) is 0.472. The van der Waals surface area contributed by atoms with Gasteiger partial charge in [-0.25, -0.2) is 0 Å². The van der Waals surface area contributed by atoms with E-state index in [1.54, 1.807) is 0 Å². The van der Waals surface area contributed by atoms with Crippen LogP contribution in [0.2, 0.25) is 0 Å². The molecule has 1 aliphatic rings. The standard InChI is InChI=1S/C13H18N2/c1-3-5-9-12(4-2)14-15-13-10-7-6-8-11-13/h3,5-7,9-10H,4,8,11H2,1-2H3/b5-3-,12-9+,15-14+. The third kappa shape index (κ3) is 4.54. The average molecular weight is 202 g/mol. The highest BCUT2D eigenvalue weighted by Gasteiger charge is 1.97. The van der Waals surface area contributed by atoms with Gasteiger partial charge in [0, 0.05) is 0 Å². The van der Waals surface area contributed by atoms with Crippen LogP contribution < -0.4 is 0 Å². The van der Waals surface area contributed by atoms with Crippen LogP contribution in [0.25, 0.3) is 0 Å². The van der Waals surface area contributed by atoms with Crippen molar-refractivity contribution in [3.05, 3.63) is 47.9 Å². The molecule has 0 radical (unpaired) electrons. The number of nitrogens with zero attached hydrogens (tertiary/aromatic N) is 2. The average Bonchev–Trinajstić information content (AvgIpc) is 2.31. The van der Waals surface area contributed by atoms with Crippen molar-refractivity contribution in [2.24, 2.45) is 10.2 Å². The molecule has 0 aromatic rings. The zero-order chi connectivity index (χ0) is 10.9. The maximum Gasteiger partial charge on any atom is 0.0633 e. The fraction of sp³-hybridized carbons (Fsp3) is 0.385. The lowest BCUT2D eigenvalue weighted by Gasteiger charge is -2.01. The minimum atomic E-state index is 0.914. The normalized spacial score (nSPS) is 17.7. The Morgan fingerprint density at radius 1 is 1.53 bits per heavy atom. The van der Waals surface area contributed by atoms with Crippen LogP contribution in [0.15, 0.2) is 58.1 Å². The summed E-state index contributed by atoms with van der Waals surface area (Å²) in [7, 11) is 0. The van der Waals surface area contributed by atoms with Crippen LogP contribution in [0.1, 0.15) is 33.1 Å². The highest BCUT2D eigenvalue weighted by Crippen LogP contribution is 2.15. The Labute approximate surface area is 91.8 Å². The highest BCUT2D eigenvalue weighted by molar-refractivity contribution is 5.17. The van der Waals surface area contributed by atoms with Gasteiger partial charge in [-0.3, -0.25) is 0 Å². The first-order chi connectivity index (χ1) is 7.36. The summed E-state index contributed by atoms with van der Waals surface area (Å²) in [6.45, 7) is 4.08. The molecule has 0 aromatic heterocycles. The largest absolute Gasteiger partial charge is 0.155 e. The van der Waals surface area contributed by atoms with Crippen molar-refractivity contribution in [1.29, 1.82) is 0 Å². The zero-order valence-corrected chi connectivity index (χ0v) is 9.48. The minimum absolute atomic E-state index is 0.914. The molecular weight excluding hydrogens is 184 g/mol. The Bertz CT molecular complexity index is 330. The van der Waals surface area contributed by atoms with Gasteiger partial charge in [-0.15, -0.1) is 0 Å². The van der Waals surface area contributed by atoms with E-state index >= 15 is 0 Å². The van der Waals surface area contributed by atoms with Gasteiger partial charge in [0.25, 0.3) is 0 Å². The molecule has 15 heavy (non-hydrogen) atoms. The van der Waals surface area contributed by atoms with Crippen molar-refractivity contribution in [3.8, 4) is 0 Å². The predicted octanol–water partition coefficient (Wildman–Crippen LogP) is 4.54. The van der Waals surface area contributed by atoms with Gasteiger partial charge < -0.3 is 0 Å². The monoisotopic (exact) mass is 202 g/mol. The summed E-state index contributed by atoms with van der Waals surface area (Å²) in [5.74, 6) is 0. The third-order valence-corrected chi connectivity index (χ3v) is 2.14. The van der Waals surface area contributed by atoms with E-state index in [9.17, 15) is 0 Å². The molecular formula is C13H18N2. The fourth-order valence-electron chi connectivity index (χ4n) is 1.23. The first-order valence-electron chi connectivity index (χ1n) is 5.46. The molecule has 0 unspecified atom stereocenters. The van der Waals surface area contributed by atoms with Gasteiger partial charge in [0.2, 0.25) is 0 Å². The molecule has 2 nitrogen and oxygen atoms in total. The fourth-order valence-corrected chi connectivity index (χ4v) is 1.23. The van der Waals surface area contributed by atoms with E-state index in [0.717, 1.165) is 30.7 Å². The molecule has 0 aromatic carbocycles. The van der Waals surface area contributed by atoms with Crippen LogP contribution in [0.5, 0.6) is 0 Å². The summed E-state index contributed by atoms with van der Waals surface area (Å²) in [5, 5.41) is 8.48. The number of hydrogen-bond donors (Lipinski definition) is 0. The van der Waals surface area contributed by atoms with Crippen molar-refractivity contribution in [1.82, 2.24) is 0 Å². The topological polar surface area (TPSA) is 24.7 Å². The van der Waals surface area contributed by atoms with Crippen molar-refractivity contribution < 1.29 is 0 Å². The van der Waals surface area contributed by atoms with Gasteiger partial charge in [-0.1, -0.05) is 31.2 Å². The van der Waals surface area contributed by atoms with Gasteiger partial charge in [0.1, 0.15) is 0 Å². The molecule has 1 aliphatic carbocycles. The first-order valence-corrected chi connectivity index (χ1v) is 5.46. The molecule has 0 atom stereocenters. The third-order valence-electron chi connectivity index (χ3n) is 2.14. The van der Waals surface area contributed by atoms with Gasteiger partial charge in [-0.2, -0.15) is 10.2 Å².